The monoisotopic (exact) mass is 510 g/mol. The van der Waals surface area contributed by atoms with Gasteiger partial charge in [-0.25, -0.2) is 4.79 Å². The summed E-state index contributed by atoms with van der Waals surface area (Å²) in [4.78, 5) is 12.5. The summed E-state index contributed by atoms with van der Waals surface area (Å²) in [6, 6.07) is 35.3. The molecule has 2 atom stereocenters. The molecule has 5 nitrogen and oxygen atoms in total. The minimum Gasteiger partial charge on any atom is -0.395 e. The molecule has 0 aliphatic carbocycles. The molecular weight excluding hydrogens is 476 g/mol. The van der Waals surface area contributed by atoms with Crippen LogP contribution in [0, 0.1) is 0 Å². The first-order chi connectivity index (χ1) is 18.4. The second-order valence-corrected chi connectivity index (χ2v) is 9.77. The van der Waals surface area contributed by atoms with Crippen molar-refractivity contribution in [2.24, 2.45) is 0 Å². The quantitative estimate of drug-likeness (QED) is 0.167. The molecule has 0 radical (unpaired) electrons. The Hall–Kier alpha value is -3.93. The lowest BCUT2D eigenvalue weighted by molar-refractivity contribution is 0.151. The van der Waals surface area contributed by atoms with Gasteiger partial charge in [0.15, 0.2) is 0 Å². The number of carbonyl (C=O) groups excluding carboxylic acids is 1. The van der Waals surface area contributed by atoms with Gasteiger partial charge in [0.1, 0.15) is 11.5 Å². The Morgan fingerprint density at radius 3 is 1.16 bits per heavy atom. The Bertz CT molecular complexity index is 1200. The molecule has 0 heterocycles. The van der Waals surface area contributed by atoms with E-state index < -0.39 is 6.16 Å². The largest absolute Gasteiger partial charge is 0.519 e. The molecule has 0 amide bonds. The van der Waals surface area contributed by atoms with Crippen molar-refractivity contribution in [1.82, 2.24) is 0 Å². The SMILES string of the molecule is COCC(C)(c1ccccc1)c1ccc(OC(=O)Oc2ccc(C(C)(COC)c3ccccc3)cc2)cc1. The van der Waals surface area contributed by atoms with Crippen LogP contribution in [-0.2, 0) is 20.3 Å². The standard InChI is InChI=1S/C33H34O5/c1-32(23-35-3,25-11-7-5-8-12-25)27-15-19-29(20-16-27)37-31(34)38-30-21-17-28(18-22-30)33(2,24-36-4)26-13-9-6-10-14-26/h5-22H,23-24H2,1-4H3. The first kappa shape index (κ1) is 27.1. The van der Waals surface area contributed by atoms with Gasteiger partial charge in [0.05, 0.1) is 13.2 Å². The molecule has 0 N–H and O–H groups in total. The summed E-state index contributed by atoms with van der Waals surface area (Å²) in [7, 11) is 3.39. The van der Waals surface area contributed by atoms with Crippen LogP contribution in [0.25, 0.3) is 0 Å². The number of methoxy groups -OCH3 is 2. The predicted octanol–water partition coefficient (Wildman–Crippen LogP) is 7.17. The van der Waals surface area contributed by atoms with Gasteiger partial charge >= 0.3 is 6.16 Å². The fourth-order valence-corrected chi connectivity index (χ4v) is 4.85. The minimum atomic E-state index is -0.795. The number of ether oxygens (including phenoxy) is 4. The highest BCUT2D eigenvalue weighted by Crippen LogP contribution is 2.34. The summed E-state index contributed by atoms with van der Waals surface area (Å²) in [5.41, 5.74) is 3.72. The van der Waals surface area contributed by atoms with Gasteiger partial charge in [0.25, 0.3) is 0 Å². The van der Waals surface area contributed by atoms with Crippen molar-refractivity contribution in [3.8, 4) is 11.5 Å². The van der Waals surface area contributed by atoms with Crippen molar-refractivity contribution in [1.29, 1.82) is 0 Å². The van der Waals surface area contributed by atoms with E-state index in [0.717, 1.165) is 22.3 Å². The molecule has 0 aliphatic heterocycles. The zero-order valence-corrected chi connectivity index (χ0v) is 22.3. The van der Waals surface area contributed by atoms with Crippen LogP contribution < -0.4 is 9.47 Å². The summed E-state index contributed by atoms with van der Waals surface area (Å²) in [5, 5.41) is 0. The normalized spacial score (nSPS) is 14.2. The topological polar surface area (TPSA) is 54.0 Å². The van der Waals surface area contributed by atoms with Crippen molar-refractivity contribution in [3.63, 3.8) is 0 Å². The van der Waals surface area contributed by atoms with E-state index in [9.17, 15) is 4.79 Å². The van der Waals surface area contributed by atoms with Crippen LogP contribution in [0.2, 0.25) is 0 Å². The third-order valence-corrected chi connectivity index (χ3v) is 7.07. The number of rotatable bonds is 10. The van der Waals surface area contributed by atoms with Gasteiger partial charge in [-0.2, -0.15) is 0 Å². The van der Waals surface area contributed by atoms with E-state index in [2.05, 4.69) is 38.1 Å². The lowest BCUT2D eigenvalue weighted by Crippen LogP contribution is -2.29. The van der Waals surface area contributed by atoms with Crippen molar-refractivity contribution < 1.29 is 23.7 Å². The van der Waals surface area contributed by atoms with Crippen LogP contribution in [0.15, 0.2) is 109 Å². The molecule has 2 unspecified atom stereocenters. The number of hydrogen-bond acceptors (Lipinski definition) is 5. The Kier molecular flexibility index (Phi) is 8.62. The Balaban J connectivity index is 1.44. The molecule has 4 aromatic carbocycles. The molecule has 5 heteroatoms. The molecule has 196 valence electrons. The summed E-state index contributed by atoms with van der Waals surface area (Å²) in [5.74, 6) is 0.805. The molecule has 0 aromatic heterocycles. The Morgan fingerprint density at radius 2 is 0.842 bits per heavy atom. The second kappa shape index (κ2) is 12.1. The fraction of sp³-hybridized carbons (Fsp3) is 0.242. The molecule has 0 saturated heterocycles. The lowest BCUT2D eigenvalue weighted by Gasteiger charge is -2.30. The number of carbonyl (C=O) groups is 1. The zero-order chi connectivity index (χ0) is 27.0. The molecule has 0 saturated carbocycles. The maximum Gasteiger partial charge on any atom is 0.519 e. The third-order valence-electron chi connectivity index (χ3n) is 7.07. The summed E-state index contributed by atoms with van der Waals surface area (Å²) in [6.07, 6.45) is -0.795. The smallest absolute Gasteiger partial charge is 0.395 e. The first-order valence-corrected chi connectivity index (χ1v) is 12.6. The molecule has 0 spiro atoms. The van der Waals surface area contributed by atoms with Crippen LogP contribution in [-0.4, -0.2) is 33.6 Å². The van der Waals surface area contributed by atoms with Crippen molar-refractivity contribution in [2.45, 2.75) is 24.7 Å². The average molecular weight is 511 g/mol. The van der Waals surface area contributed by atoms with Gasteiger partial charge in [0.2, 0.25) is 0 Å². The fourth-order valence-electron chi connectivity index (χ4n) is 4.85. The first-order valence-electron chi connectivity index (χ1n) is 12.6. The summed E-state index contributed by atoms with van der Waals surface area (Å²) >= 11 is 0. The van der Waals surface area contributed by atoms with E-state index in [1.54, 1.807) is 38.5 Å². The van der Waals surface area contributed by atoms with Gasteiger partial charge in [0, 0.05) is 25.0 Å². The van der Waals surface area contributed by atoms with Gasteiger partial charge in [-0.05, 0) is 60.4 Å². The second-order valence-electron chi connectivity index (χ2n) is 9.77. The zero-order valence-electron chi connectivity index (χ0n) is 22.3. The number of benzene rings is 4. The van der Waals surface area contributed by atoms with Crippen molar-refractivity contribution in [2.75, 3.05) is 27.4 Å². The average Bonchev–Trinajstić information content (AvgIpc) is 2.95. The maximum absolute atomic E-state index is 12.5. The molecule has 4 rings (SSSR count). The van der Waals surface area contributed by atoms with Crippen LogP contribution in [0.5, 0.6) is 11.5 Å². The van der Waals surface area contributed by atoms with Crippen molar-refractivity contribution >= 4 is 6.16 Å². The highest BCUT2D eigenvalue weighted by atomic mass is 16.7. The highest BCUT2D eigenvalue weighted by Gasteiger charge is 2.30. The van der Waals surface area contributed by atoms with E-state index >= 15 is 0 Å². The van der Waals surface area contributed by atoms with E-state index in [1.807, 2.05) is 60.7 Å². The third kappa shape index (κ3) is 5.96. The van der Waals surface area contributed by atoms with Crippen LogP contribution in [0.4, 0.5) is 4.79 Å². The molecule has 38 heavy (non-hydrogen) atoms. The van der Waals surface area contributed by atoms with Gasteiger partial charge in [-0.1, -0.05) is 84.9 Å². The van der Waals surface area contributed by atoms with E-state index in [-0.39, 0.29) is 10.8 Å². The highest BCUT2D eigenvalue weighted by molar-refractivity contribution is 5.67. The van der Waals surface area contributed by atoms with Gasteiger partial charge in [-0.3, -0.25) is 0 Å². The summed E-state index contributed by atoms with van der Waals surface area (Å²) in [6.45, 7) is 5.30. The maximum atomic E-state index is 12.5. The van der Waals surface area contributed by atoms with E-state index in [0.29, 0.717) is 24.7 Å². The Morgan fingerprint density at radius 1 is 0.526 bits per heavy atom. The van der Waals surface area contributed by atoms with Crippen molar-refractivity contribution in [3.05, 3.63) is 131 Å². The molecule has 0 bridgehead atoms. The number of hydrogen-bond donors (Lipinski definition) is 0. The molecule has 4 aromatic rings. The van der Waals surface area contributed by atoms with E-state index in [4.69, 9.17) is 18.9 Å². The van der Waals surface area contributed by atoms with Gasteiger partial charge in [-0.15, -0.1) is 0 Å². The predicted molar refractivity (Wildman–Crippen MR) is 149 cm³/mol. The Labute approximate surface area is 225 Å². The van der Waals surface area contributed by atoms with E-state index in [1.165, 1.54) is 0 Å². The molecular formula is C33H34O5. The molecule has 0 fully saturated rings. The lowest BCUT2D eigenvalue weighted by atomic mass is 9.77. The van der Waals surface area contributed by atoms with Crippen LogP contribution in [0.1, 0.15) is 36.1 Å². The van der Waals surface area contributed by atoms with Crippen LogP contribution in [0.3, 0.4) is 0 Å². The van der Waals surface area contributed by atoms with Crippen LogP contribution >= 0.6 is 0 Å². The minimum absolute atomic E-state index is 0.339. The van der Waals surface area contributed by atoms with Gasteiger partial charge < -0.3 is 18.9 Å². The summed E-state index contributed by atoms with van der Waals surface area (Å²) < 4.78 is 22.0. The molecule has 0 aliphatic rings.